The van der Waals surface area contributed by atoms with Crippen molar-refractivity contribution in [3.05, 3.63) is 65.7 Å². The normalized spacial score (nSPS) is 13.4. The first-order chi connectivity index (χ1) is 10.1. The van der Waals surface area contributed by atoms with Crippen LogP contribution in [-0.4, -0.2) is 18.2 Å². The number of ether oxygens (including phenoxy) is 1. The summed E-state index contributed by atoms with van der Waals surface area (Å²) in [6.45, 7) is 1.95. The molecule has 2 aromatic rings. The van der Waals surface area contributed by atoms with Crippen LogP contribution in [0.3, 0.4) is 0 Å². The molecule has 21 heavy (non-hydrogen) atoms. The molecule has 2 atom stereocenters. The Morgan fingerprint density at radius 3 is 2.38 bits per heavy atom. The quantitative estimate of drug-likeness (QED) is 0.856. The zero-order chi connectivity index (χ0) is 15.2. The Morgan fingerprint density at radius 1 is 1.10 bits per heavy atom. The minimum Gasteiger partial charge on any atom is -0.497 e. The summed E-state index contributed by atoms with van der Waals surface area (Å²) >= 11 is 0. The van der Waals surface area contributed by atoms with Crippen LogP contribution >= 0.6 is 0 Å². The van der Waals surface area contributed by atoms with Crippen molar-refractivity contribution in [1.29, 1.82) is 0 Å². The molecule has 0 saturated carbocycles. The van der Waals surface area contributed by atoms with Gasteiger partial charge in [0.1, 0.15) is 11.8 Å². The molecule has 0 saturated heterocycles. The molecule has 0 aliphatic carbocycles. The Kier molecular flexibility index (Phi) is 4.95. The number of carbonyl (C=O) groups is 1. The SMILES string of the molecule is COc1cccc([C@@H](N[C@H](C)c2ccccc2)C(=O)O)c1. The van der Waals surface area contributed by atoms with Crippen LogP contribution in [0.4, 0.5) is 0 Å². The van der Waals surface area contributed by atoms with E-state index in [2.05, 4.69) is 5.32 Å². The maximum atomic E-state index is 11.6. The van der Waals surface area contributed by atoms with Crippen LogP contribution in [0.1, 0.15) is 30.1 Å². The minimum atomic E-state index is -0.911. The standard InChI is InChI=1S/C17H19NO3/c1-12(13-7-4-3-5-8-13)18-16(17(19)20)14-9-6-10-15(11-14)21-2/h3-12,16,18H,1-2H3,(H,19,20)/t12-,16-/m1/s1. The van der Waals surface area contributed by atoms with E-state index in [1.165, 1.54) is 0 Å². The summed E-state index contributed by atoms with van der Waals surface area (Å²) in [6, 6.07) is 16.0. The summed E-state index contributed by atoms with van der Waals surface area (Å²) < 4.78 is 5.15. The van der Waals surface area contributed by atoms with Crippen molar-refractivity contribution in [2.45, 2.75) is 19.0 Å². The smallest absolute Gasteiger partial charge is 0.325 e. The molecule has 0 unspecified atom stereocenters. The fourth-order valence-electron chi connectivity index (χ4n) is 2.22. The van der Waals surface area contributed by atoms with Crippen molar-refractivity contribution in [2.24, 2.45) is 0 Å². The van der Waals surface area contributed by atoms with Gasteiger partial charge < -0.3 is 9.84 Å². The molecule has 0 spiro atoms. The van der Waals surface area contributed by atoms with Crippen molar-refractivity contribution >= 4 is 5.97 Å². The van der Waals surface area contributed by atoms with E-state index in [1.54, 1.807) is 31.4 Å². The maximum Gasteiger partial charge on any atom is 0.325 e. The molecule has 110 valence electrons. The van der Waals surface area contributed by atoms with Crippen molar-refractivity contribution in [3.8, 4) is 5.75 Å². The molecule has 0 aromatic heterocycles. The zero-order valence-corrected chi connectivity index (χ0v) is 12.1. The molecule has 4 heteroatoms. The summed E-state index contributed by atoms with van der Waals surface area (Å²) in [4.78, 5) is 11.6. The second-order valence-electron chi connectivity index (χ2n) is 4.85. The highest BCUT2D eigenvalue weighted by atomic mass is 16.5. The number of benzene rings is 2. The molecule has 4 nitrogen and oxygen atoms in total. The number of carboxylic acid groups (broad SMARTS) is 1. The molecule has 0 heterocycles. The third-order valence-corrected chi connectivity index (χ3v) is 3.39. The van der Waals surface area contributed by atoms with Crippen molar-refractivity contribution < 1.29 is 14.6 Å². The average Bonchev–Trinajstić information content (AvgIpc) is 2.53. The van der Waals surface area contributed by atoms with E-state index in [-0.39, 0.29) is 6.04 Å². The Morgan fingerprint density at radius 2 is 1.76 bits per heavy atom. The molecular formula is C17H19NO3. The van der Waals surface area contributed by atoms with Gasteiger partial charge in [0.05, 0.1) is 7.11 Å². The summed E-state index contributed by atoms with van der Waals surface area (Å²) in [7, 11) is 1.56. The summed E-state index contributed by atoms with van der Waals surface area (Å²) in [6.07, 6.45) is 0. The summed E-state index contributed by atoms with van der Waals surface area (Å²) in [5.41, 5.74) is 1.72. The van der Waals surface area contributed by atoms with Crippen molar-refractivity contribution in [3.63, 3.8) is 0 Å². The van der Waals surface area contributed by atoms with E-state index in [0.29, 0.717) is 11.3 Å². The fraction of sp³-hybridized carbons (Fsp3) is 0.235. The van der Waals surface area contributed by atoms with E-state index in [0.717, 1.165) is 5.56 Å². The van der Waals surface area contributed by atoms with Gasteiger partial charge in [0.2, 0.25) is 0 Å². The predicted octanol–water partition coefficient (Wildman–Crippen LogP) is 3.17. The van der Waals surface area contributed by atoms with Gasteiger partial charge in [0.15, 0.2) is 0 Å². The number of hydrogen-bond acceptors (Lipinski definition) is 3. The van der Waals surface area contributed by atoms with Gasteiger partial charge in [-0.15, -0.1) is 0 Å². The molecule has 0 aliphatic rings. The van der Waals surface area contributed by atoms with E-state index in [9.17, 15) is 9.90 Å². The first-order valence-corrected chi connectivity index (χ1v) is 6.79. The Labute approximate surface area is 124 Å². The van der Waals surface area contributed by atoms with Gasteiger partial charge in [-0.2, -0.15) is 0 Å². The van der Waals surface area contributed by atoms with Gasteiger partial charge in [0.25, 0.3) is 0 Å². The third kappa shape index (κ3) is 3.83. The topological polar surface area (TPSA) is 58.6 Å². The second-order valence-corrected chi connectivity index (χ2v) is 4.85. The van der Waals surface area contributed by atoms with Crippen LogP contribution in [0.25, 0.3) is 0 Å². The molecule has 2 rings (SSSR count). The first-order valence-electron chi connectivity index (χ1n) is 6.79. The Hall–Kier alpha value is -2.33. The molecular weight excluding hydrogens is 266 g/mol. The third-order valence-electron chi connectivity index (χ3n) is 3.39. The molecule has 2 aromatic carbocycles. The number of hydrogen-bond donors (Lipinski definition) is 2. The minimum absolute atomic E-state index is 0.0708. The van der Waals surface area contributed by atoms with Crippen molar-refractivity contribution in [1.82, 2.24) is 5.32 Å². The van der Waals surface area contributed by atoms with Gasteiger partial charge in [0, 0.05) is 6.04 Å². The lowest BCUT2D eigenvalue weighted by molar-refractivity contribution is -0.139. The van der Waals surface area contributed by atoms with Gasteiger partial charge in [-0.25, -0.2) is 0 Å². The van der Waals surface area contributed by atoms with Crippen LogP contribution in [0.5, 0.6) is 5.75 Å². The number of aliphatic carboxylic acids is 1. The van der Waals surface area contributed by atoms with Gasteiger partial charge in [-0.05, 0) is 30.2 Å². The van der Waals surface area contributed by atoms with Crippen LogP contribution in [0.2, 0.25) is 0 Å². The monoisotopic (exact) mass is 285 g/mol. The molecule has 0 radical (unpaired) electrons. The molecule has 0 bridgehead atoms. The van der Waals surface area contributed by atoms with Crippen LogP contribution in [0.15, 0.2) is 54.6 Å². The summed E-state index contributed by atoms with van der Waals surface area (Å²) in [5.74, 6) is -0.265. The molecule has 0 aliphatic heterocycles. The molecule has 0 amide bonds. The van der Waals surface area contributed by atoms with E-state index < -0.39 is 12.0 Å². The molecule has 2 N–H and O–H groups in total. The van der Waals surface area contributed by atoms with Gasteiger partial charge in [-0.3, -0.25) is 10.1 Å². The highest BCUT2D eigenvalue weighted by molar-refractivity contribution is 5.75. The molecule has 0 fully saturated rings. The summed E-state index contributed by atoms with van der Waals surface area (Å²) in [5, 5.41) is 12.6. The van der Waals surface area contributed by atoms with Gasteiger partial charge >= 0.3 is 5.97 Å². The lowest BCUT2D eigenvalue weighted by Gasteiger charge is -2.21. The van der Waals surface area contributed by atoms with E-state index in [4.69, 9.17) is 4.74 Å². The number of methoxy groups -OCH3 is 1. The van der Waals surface area contributed by atoms with Crippen LogP contribution in [-0.2, 0) is 4.79 Å². The maximum absolute atomic E-state index is 11.6. The fourth-order valence-corrected chi connectivity index (χ4v) is 2.22. The predicted molar refractivity (Wildman–Crippen MR) is 81.4 cm³/mol. The zero-order valence-electron chi connectivity index (χ0n) is 12.1. The first kappa shape index (κ1) is 15.1. The lowest BCUT2D eigenvalue weighted by Crippen LogP contribution is -2.30. The van der Waals surface area contributed by atoms with Crippen LogP contribution in [0, 0.1) is 0 Å². The number of carboxylic acids is 1. The number of nitrogens with one attached hydrogen (secondary N) is 1. The Balaban J connectivity index is 2.21. The van der Waals surface area contributed by atoms with E-state index >= 15 is 0 Å². The highest BCUT2D eigenvalue weighted by Crippen LogP contribution is 2.23. The largest absolute Gasteiger partial charge is 0.497 e. The van der Waals surface area contributed by atoms with Gasteiger partial charge in [-0.1, -0.05) is 42.5 Å². The van der Waals surface area contributed by atoms with Crippen LogP contribution < -0.4 is 10.1 Å². The average molecular weight is 285 g/mol. The Bertz CT molecular complexity index is 598. The number of rotatable bonds is 6. The van der Waals surface area contributed by atoms with Crippen molar-refractivity contribution in [2.75, 3.05) is 7.11 Å². The second kappa shape index (κ2) is 6.90. The lowest BCUT2D eigenvalue weighted by atomic mass is 10.0. The van der Waals surface area contributed by atoms with E-state index in [1.807, 2.05) is 37.3 Å². The highest BCUT2D eigenvalue weighted by Gasteiger charge is 2.22.